The third kappa shape index (κ3) is 3.28. The molecule has 0 spiro atoms. The number of alkyl halides is 3. The van der Waals surface area contributed by atoms with E-state index in [1.807, 2.05) is 0 Å². The fourth-order valence-corrected chi connectivity index (χ4v) is 3.44. The molecule has 6 nitrogen and oxygen atoms in total. The molecule has 2 aromatic rings. The maximum absolute atomic E-state index is 12.8. The summed E-state index contributed by atoms with van der Waals surface area (Å²) in [7, 11) is 0. The molecular formula is C14H12ClF3N4O2S. The number of ether oxygens (including phenoxy) is 1. The third-order valence-electron chi connectivity index (χ3n) is 3.52. The van der Waals surface area contributed by atoms with Gasteiger partial charge in [-0.05, 0) is 13.8 Å². The summed E-state index contributed by atoms with van der Waals surface area (Å²) in [6, 6.07) is 0. The minimum atomic E-state index is -4.59. The second-order valence-corrected chi connectivity index (χ2v) is 6.60. The molecule has 0 aromatic carbocycles. The van der Waals surface area contributed by atoms with Crippen LogP contribution >= 0.6 is 22.9 Å². The highest BCUT2D eigenvalue weighted by Gasteiger charge is 2.44. The van der Waals surface area contributed by atoms with E-state index in [2.05, 4.69) is 20.3 Å². The van der Waals surface area contributed by atoms with Gasteiger partial charge in [0.1, 0.15) is 15.4 Å². The first-order valence-electron chi connectivity index (χ1n) is 8.38. The molecule has 3 rings (SSSR count). The molecule has 11 heteroatoms. The number of nitrogens with zero attached hydrogens (tertiary/aromatic N) is 3. The van der Waals surface area contributed by atoms with Crippen molar-refractivity contribution in [2.75, 3.05) is 11.9 Å². The van der Waals surface area contributed by atoms with Gasteiger partial charge in [-0.1, -0.05) is 22.9 Å². The van der Waals surface area contributed by atoms with Crippen molar-refractivity contribution in [3.63, 3.8) is 0 Å². The van der Waals surface area contributed by atoms with Crippen molar-refractivity contribution in [1.82, 2.24) is 15.0 Å². The van der Waals surface area contributed by atoms with E-state index in [0.29, 0.717) is 6.20 Å². The number of nitrogens with one attached hydrogen (secondary N) is 1. The standard InChI is InChI=1S/C14H12ClF3N4O2S/c1-6-7(14(16,17)18)5-19-12(20-6)22-9-8(15)21-10(25-9)13(2)3-4-24-11(13)23/h5H,3-4H2,1-2H3,(H,19,20,22)/t13-/m1/s1/i2D3. The Morgan fingerprint density at radius 2 is 2.24 bits per heavy atom. The first-order valence-corrected chi connectivity index (χ1v) is 8.07. The van der Waals surface area contributed by atoms with E-state index in [1.165, 1.54) is 6.92 Å². The summed E-state index contributed by atoms with van der Waals surface area (Å²) in [5, 5.41) is 2.47. The van der Waals surface area contributed by atoms with Crippen LogP contribution in [0, 0.1) is 6.92 Å². The number of rotatable bonds is 3. The Balaban J connectivity index is 1.95. The number of aromatic nitrogens is 3. The van der Waals surface area contributed by atoms with Crippen LogP contribution in [0.2, 0.25) is 5.15 Å². The van der Waals surface area contributed by atoms with Crippen molar-refractivity contribution < 1.29 is 26.8 Å². The number of carbonyl (C=O) groups is 1. The van der Waals surface area contributed by atoms with Crippen LogP contribution in [0.5, 0.6) is 0 Å². The van der Waals surface area contributed by atoms with E-state index < -0.39 is 30.0 Å². The van der Waals surface area contributed by atoms with Gasteiger partial charge in [-0.15, -0.1) is 0 Å². The lowest BCUT2D eigenvalue weighted by molar-refractivity contribution is -0.142. The van der Waals surface area contributed by atoms with Crippen molar-refractivity contribution in [2.24, 2.45) is 0 Å². The predicted molar refractivity (Wildman–Crippen MR) is 85.1 cm³/mol. The van der Waals surface area contributed by atoms with Crippen molar-refractivity contribution in [2.45, 2.75) is 31.8 Å². The SMILES string of the molecule is [2H]C([2H])([2H])[C@]1(c2nc(Cl)c(Nc3ncc(C(F)(F)F)c(C)n3)s2)CCOC1=O. The largest absolute Gasteiger partial charge is 0.465 e. The topological polar surface area (TPSA) is 77.0 Å². The van der Waals surface area contributed by atoms with Crippen LogP contribution in [0.25, 0.3) is 0 Å². The van der Waals surface area contributed by atoms with Crippen LogP contribution in [0.3, 0.4) is 0 Å². The Kier molecular flexibility index (Phi) is 3.48. The zero-order chi connectivity index (χ0) is 20.9. The quantitative estimate of drug-likeness (QED) is 0.795. The molecule has 1 aliphatic rings. The second-order valence-electron chi connectivity index (χ2n) is 5.25. The highest BCUT2D eigenvalue weighted by atomic mass is 35.5. The summed E-state index contributed by atoms with van der Waals surface area (Å²) < 4.78 is 66.6. The van der Waals surface area contributed by atoms with Gasteiger partial charge in [-0.2, -0.15) is 13.2 Å². The number of aryl methyl sites for hydroxylation is 1. The summed E-state index contributed by atoms with van der Waals surface area (Å²) in [5.74, 6) is -1.11. The van der Waals surface area contributed by atoms with Gasteiger partial charge in [0.25, 0.3) is 0 Å². The summed E-state index contributed by atoms with van der Waals surface area (Å²) in [6.45, 7) is -1.62. The van der Waals surface area contributed by atoms with Crippen LogP contribution < -0.4 is 5.32 Å². The molecule has 25 heavy (non-hydrogen) atoms. The van der Waals surface area contributed by atoms with Crippen LogP contribution in [0.1, 0.15) is 33.6 Å². The number of anilines is 2. The minimum absolute atomic E-state index is 0.0710. The number of cyclic esters (lactones) is 1. The number of hydrogen-bond acceptors (Lipinski definition) is 7. The predicted octanol–water partition coefficient (Wildman–Crippen LogP) is 3.86. The third-order valence-corrected chi connectivity index (χ3v) is 5.04. The molecule has 0 saturated carbocycles. The lowest BCUT2D eigenvalue weighted by Gasteiger charge is -2.14. The number of esters is 1. The van der Waals surface area contributed by atoms with E-state index in [9.17, 15) is 18.0 Å². The first kappa shape index (κ1) is 14.3. The maximum Gasteiger partial charge on any atom is 0.419 e. The van der Waals surface area contributed by atoms with Crippen LogP contribution in [-0.4, -0.2) is 27.5 Å². The normalized spacial score (nSPS) is 22.9. The van der Waals surface area contributed by atoms with Gasteiger partial charge >= 0.3 is 12.1 Å². The molecule has 1 atom stereocenters. The molecule has 1 saturated heterocycles. The Bertz CT molecular complexity index is 938. The molecule has 0 amide bonds. The molecule has 0 radical (unpaired) electrons. The number of halogens is 4. The van der Waals surface area contributed by atoms with E-state index in [0.717, 1.165) is 11.3 Å². The Labute approximate surface area is 153 Å². The van der Waals surface area contributed by atoms with Crippen molar-refractivity contribution in [3.05, 3.63) is 27.6 Å². The monoisotopic (exact) mass is 395 g/mol. The smallest absolute Gasteiger partial charge is 0.419 e. The zero-order valence-corrected chi connectivity index (χ0v) is 14.1. The molecule has 134 valence electrons. The van der Waals surface area contributed by atoms with E-state index in [-0.39, 0.29) is 39.8 Å². The average molecular weight is 396 g/mol. The highest BCUT2D eigenvalue weighted by Crippen LogP contribution is 2.41. The van der Waals surface area contributed by atoms with E-state index in [1.54, 1.807) is 0 Å². The summed E-state index contributed by atoms with van der Waals surface area (Å²) in [5.41, 5.74) is -3.23. The second kappa shape index (κ2) is 6.10. The van der Waals surface area contributed by atoms with Gasteiger partial charge in [-0.25, -0.2) is 15.0 Å². The summed E-state index contributed by atoms with van der Waals surface area (Å²) in [6.07, 6.45) is -4.06. The van der Waals surface area contributed by atoms with Gasteiger partial charge < -0.3 is 10.1 Å². The molecule has 0 bridgehead atoms. The Morgan fingerprint density at radius 1 is 1.48 bits per heavy atom. The average Bonchev–Trinajstić information content (AvgIpc) is 3.10. The summed E-state index contributed by atoms with van der Waals surface area (Å²) in [4.78, 5) is 23.5. The zero-order valence-electron chi connectivity index (χ0n) is 15.6. The van der Waals surface area contributed by atoms with Crippen LogP contribution in [0.15, 0.2) is 6.20 Å². The minimum Gasteiger partial charge on any atom is -0.465 e. The Hall–Kier alpha value is -1.94. The van der Waals surface area contributed by atoms with Crippen molar-refractivity contribution in [1.29, 1.82) is 0 Å². The van der Waals surface area contributed by atoms with E-state index >= 15 is 0 Å². The molecule has 2 aromatic heterocycles. The van der Waals surface area contributed by atoms with Gasteiger partial charge in [0.05, 0.1) is 17.9 Å². The molecule has 0 unspecified atom stereocenters. The highest BCUT2D eigenvalue weighted by molar-refractivity contribution is 7.16. The van der Waals surface area contributed by atoms with Crippen molar-refractivity contribution >= 4 is 39.9 Å². The molecular weight excluding hydrogens is 381 g/mol. The number of thiazole rings is 1. The fourth-order valence-electron chi connectivity index (χ4n) is 2.18. The molecule has 1 fully saturated rings. The molecule has 1 N–H and O–H groups in total. The van der Waals surface area contributed by atoms with Crippen molar-refractivity contribution in [3.8, 4) is 0 Å². The van der Waals surface area contributed by atoms with Gasteiger partial charge in [0.2, 0.25) is 5.95 Å². The number of hydrogen-bond donors (Lipinski definition) is 1. The van der Waals surface area contributed by atoms with Crippen LogP contribution in [-0.2, 0) is 21.1 Å². The fraction of sp³-hybridized carbons (Fsp3) is 0.429. The number of carbonyl (C=O) groups excluding carboxylic acids is 1. The lowest BCUT2D eigenvalue weighted by atomic mass is 9.90. The molecule has 3 heterocycles. The van der Waals surface area contributed by atoms with Gasteiger partial charge in [-0.3, -0.25) is 4.79 Å². The lowest BCUT2D eigenvalue weighted by Crippen LogP contribution is -2.27. The first-order chi connectivity index (χ1) is 12.9. The summed E-state index contributed by atoms with van der Waals surface area (Å²) >= 11 is 6.82. The Morgan fingerprint density at radius 3 is 2.80 bits per heavy atom. The van der Waals surface area contributed by atoms with E-state index in [4.69, 9.17) is 20.5 Å². The molecule has 0 aliphatic carbocycles. The molecule has 1 aliphatic heterocycles. The van der Waals surface area contributed by atoms with Crippen LogP contribution in [0.4, 0.5) is 24.1 Å². The van der Waals surface area contributed by atoms with Gasteiger partial charge in [0.15, 0.2) is 5.15 Å². The maximum atomic E-state index is 12.8. The van der Waals surface area contributed by atoms with Gasteiger partial charge in [0, 0.05) is 16.7 Å².